The lowest BCUT2D eigenvalue weighted by Gasteiger charge is -2.38. The van der Waals surface area contributed by atoms with Crippen LogP contribution in [0.1, 0.15) is 59.3 Å². The van der Waals surface area contributed by atoms with Crippen LogP contribution in [0.4, 0.5) is 0 Å². The van der Waals surface area contributed by atoms with Crippen molar-refractivity contribution in [3.63, 3.8) is 0 Å². The molecular weight excluding hydrogens is 457 g/mol. The first-order valence-corrected chi connectivity index (χ1v) is 10.9. The standard InChI is InChI=1S/C21H32INO4/c1-20(2,3)26-19(24)5-4-12-23-13-10-21(11-14-23)15-25-18-9-7-16(27-22)6-8-17(18)21/h8-9,16H,4-7,10-15H2,1-3H3. The van der Waals surface area contributed by atoms with Crippen molar-refractivity contribution in [1.29, 1.82) is 0 Å². The number of allylic oxidation sites excluding steroid dienone is 1. The number of hydrogen-bond donors (Lipinski definition) is 0. The molecule has 3 rings (SSSR count). The van der Waals surface area contributed by atoms with Gasteiger partial charge < -0.3 is 17.4 Å². The van der Waals surface area contributed by atoms with Crippen molar-refractivity contribution in [3.05, 3.63) is 23.5 Å². The zero-order valence-electron chi connectivity index (χ0n) is 16.8. The minimum absolute atomic E-state index is 0.0920. The molecule has 27 heavy (non-hydrogen) atoms. The molecular formula is C21H32INO4. The van der Waals surface area contributed by atoms with Crippen LogP contribution in [-0.2, 0) is 17.3 Å². The van der Waals surface area contributed by atoms with Crippen molar-refractivity contribution in [2.75, 3.05) is 26.2 Å². The molecule has 2 heterocycles. The van der Waals surface area contributed by atoms with E-state index in [0.717, 1.165) is 64.1 Å². The SMILES string of the molecule is CC(C)(C)OC(=O)CCCN1CCC2(CC1)COC1=CCC(OI)CC=C12. The summed E-state index contributed by atoms with van der Waals surface area (Å²) in [6.07, 6.45) is 10.3. The quantitative estimate of drug-likeness (QED) is 0.419. The number of esters is 1. The van der Waals surface area contributed by atoms with Gasteiger partial charge in [0, 0.05) is 11.8 Å². The summed E-state index contributed by atoms with van der Waals surface area (Å²) in [5.74, 6) is 0.995. The number of carbonyl (C=O) groups excluding carboxylic acids is 1. The summed E-state index contributed by atoms with van der Waals surface area (Å²) >= 11 is 2.00. The predicted molar refractivity (Wildman–Crippen MR) is 113 cm³/mol. The summed E-state index contributed by atoms with van der Waals surface area (Å²) in [4.78, 5) is 14.3. The average molecular weight is 489 g/mol. The Morgan fingerprint density at radius 3 is 2.67 bits per heavy atom. The van der Waals surface area contributed by atoms with E-state index >= 15 is 0 Å². The lowest BCUT2D eigenvalue weighted by molar-refractivity contribution is -0.155. The second-order valence-corrected chi connectivity index (χ2v) is 9.48. The van der Waals surface area contributed by atoms with Crippen LogP contribution in [-0.4, -0.2) is 48.8 Å². The second-order valence-electron chi connectivity index (χ2n) is 8.97. The van der Waals surface area contributed by atoms with Crippen molar-refractivity contribution in [1.82, 2.24) is 4.90 Å². The maximum absolute atomic E-state index is 11.9. The van der Waals surface area contributed by atoms with E-state index in [1.807, 2.05) is 43.8 Å². The fraction of sp³-hybridized carbons (Fsp3) is 0.762. The largest absolute Gasteiger partial charge is 0.493 e. The molecule has 0 N–H and O–H groups in total. The minimum Gasteiger partial charge on any atom is -0.493 e. The van der Waals surface area contributed by atoms with Gasteiger partial charge in [0.2, 0.25) is 0 Å². The van der Waals surface area contributed by atoms with Crippen LogP contribution < -0.4 is 0 Å². The van der Waals surface area contributed by atoms with E-state index in [4.69, 9.17) is 12.5 Å². The highest BCUT2D eigenvalue weighted by Gasteiger charge is 2.45. The highest BCUT2D eigenvalue weighted by Crippen LogP contribution is 2.49. The molecule has 5 nitrogen and oxygen atoms in total. The lowest BCUT2D eigenvalue weighted by atomic mass is 9.73. The van der Waals surface area contributed by atoms with Crippen LogP contribution in [0.25, 0.3) is 0 Å². The van der Waals surface area contributed by atoms with Crippen LogP contribution in [0.15, 0.2) is 23.5 Å². The van der Waals surface area contributed by atoms with Gasteiger partial charge in [0.05, 0.1) is 12.7 Å². The zero-order chi connectivity index (χ0) is 19.5. The molecule has 0 aromatic rings. The van der Waals surface area contributed by atoms with Gasteiger partial charge in [-0.25, -0.2) is 0 Å². The summed E-state index contributed by atoms with van der Waals surface area (Å²) in [5, 5.41) is 0. The van der Waals surface area contributed by atoms with Crippen molar-refractivity contribution >= 4 is 29.0 Å². The number of hydrogen-bond acceptors (Lipinski definition) is 5. The van der Waals surface area contributed by atoms with Crippen LogP contribution in [0.3, 0.4) is 0 Å². The second kappa shape index (κ2) is 8.82. The van der Waals surface area contributed by atoms with Gasteiger partial charge in [-0.1, -0.05) is 6.08 Å². The van der Waals surface area contributed by atoms with E-state index in [-0.39, 0.29) is 17.5 Å². The number of fused-ring (bicyclic) bond motifs is 2. The van der Waals surface area contributed by atoms with Crippen molar-refractivity contribution in [2.45, 2.75) is 71.0 Å². The molecule has 2 saturated heterocycles. The minimum atomic E-state index is -0.393. The molecule has 3 aliphatic rings. The van der Waals surface area contributed by atoms with E-state index in [1.165, 1.54) is 5.57 Å². The predicted octanol–water partition coefficient (Wildman–Crippen LogP) is 4.56. The summed E-state index contributed by atoms with van der Waals surface area (Å²) in [7, 11) is 0. The Hall–Kier alpha value is -0.600. The summed E-state index contributed by atoms with van der Waals surface area (Å²) in [6, 6.07) is 0. The fourth-order valence-corrected chi connectivity index (χ4v) is 4.65. The zero-order valence-corrected chi connectivity index (χ0v) is 18.9. The smallest absolute Gasteiger partial charge is 0.306 e. The monoisotopic (exact) mass is 489 g/mol. The number of nitrogens with zero attached hydrogens (tertiary/aromatic N) is 1. The van der Waals surface area contributed by atoms with E-state index in [1.54, 1.807) is 0 Å². The van der Waals surface area contributed by atoms with Gasteiger partial charge in [-0.05, 0) is 84.2 Å². The molecule has 0 aromatic carbocycles. The first kappa shape index (κ1) is 21.1. The van der Waals surface area contributed by atoms with Crippen molar-refractivity contribution in [2.24, 2.45) is 5.41 Å². The molecule has 1 spiro atoms. The van der Waals surface area contributed by atoms with Gasteiger partial charge in [-0.15, -0.1) is 0 Å². The topological polar surface area (TPSA) is 48.0 Å². The molecule has 1 aliphatic carbocycles. The van der Waals surface area contributed by atoms with Crippen molar-refractivity contribution in [3.8, 4) is 0 Å². The van der Waals surface area contributed by atoms with Crippen LogP contribution in [0.2, 0.25) is 0 Å². The average Bonchev–Trinajstić information content (AvgIpc) is 2.79. The van der Waals surface area contributed by atoms with E-state index in [0.29, 0.717) is 6.42 Å². The first-order chi connectivity index (χ1) is 12.8. The van der Waals surface area contributed by atoms with Gasteiger partial charge in [0.1, 0.15) is 34.4 Å². The Bertz CT molecular complexity index is 600. The maximum Gasteiger partial charge on any atom is 0.306 e. The van der Waals surface area contributed by atoms with Gasteiger partial charge in [-0.2, -0.15) is 0 Å². The normalized spacial score (nSPS) is 25.3. The third kappa shape index (κ3) is 5.48. The third-order valence-electron chi connectivity index (χ3n) is 5.71. The Morgan fingerprint density at radius 1 is 1.30 bits per heavy atom. The van der Waals surface area contributed by atoms with Gasteiger partial charge >= 0.3 is 5.97 Å². The molecule has 1 unspecified atom stereocenters. The Labute approximate surface area is 177 Å². The van der Waals surface area contributed by atoms with Crippen LogP contribution >= 0.6 is 23.0 Å². The Kier molecular flexibility index (Phi) is 6.90. The van der Waals surface area contributed by atoms with Gasteiger partial charge in [0.15, 0.2) is 0 Å². The lowest BCUT2D eigenvalue weighted by Crippen LogP contribution is -2.41. The molecule has 0 amide bonds. The summed E-state index contributed by atoms with van der Waals surface area (Å²) in [6.45, 7) is 9.64. The number of ether oxygens (including phenoxy) is 2. The third-order valence-corrected chi connectivity index (χ3v) is 6.43. The molecule has 0 saturated carbocycles. The molecule has 2 aliphatic heterocycles. The Balaban J connectivity index is 1.48. The number of carbonyl (C=O) groups is 1. The molecule has 0 aromatic heterocycles. The molecule has 6 heteroatoms. The molecule has 152 valence electrons. The molecule has 2 fully saturated rings. The number of piperidine rings is 1. The van der Waals surface area contributed by atoms with Crippen LogP contribution in [0, 0.1) is 5.41 Å². The summed E-state index contributed by atoms with van der Waals surface area (Å²) < 4.78 is 17.0. The van der Waals surface area contributed by atoms with E-state index in [9.17, 15) is 4.79 Å². The number of halogens is 1. The maximum atomic E-state index is 11.9. The molecule has 1 atom stereocenters. The molecule has 0 radical (unpaired) electrons. The van der Waals surface area contributed by atoms with Crippen LogP contribution in [0.5, 0.6) is 0 Å². The van der Waals surface area contributed by atoms with E-state index < -0.39 is 5.60 Å². The van der Waals surface area contributed by atoms with Gasteiger partial charge in [-0.3, -0.25) is 4.79 Å². The Morgan fingerprint density at radius 2 is 2.00 bits per heavy atom. The number of rotatable bonds is 5. The highest BCUT2D eigenvalue weighted by molar-refractivity contribution is 14.1. The first-order valence-electron chi connectivity index (χ1n) is 10.1. The highest BCUT2D eigenvalue weighted by atomic mass is 127. The fourth-order valence-electron chi connectivity index (χ4n) is 4.23. The molecule has 0 bridgehead atoms. The summed E-state index contributed by atoms with van der Waals surface area (Å²) in [5.41, 5.74) is 1.19. The number of likely N-dealkylation sites (tertiary alicyclic amines) is 1. The van der Waals surface area contributed by atoms with Gasteiger partial charge in [0.25, 0.3) is 0 Å². The van der Waals surface area contributed by atoms with Crippen molar-refractivity contribution < 1.29 is 17.3 Å². The van der Waals surface area contributed by atoms with E-state index in [2.05, 4.69) is 17.1 Å².